The summed E-state index contributed by atoms with van der Waals surface area (Å²) in [7, 11) is 1.47. The van der Waals surface area contributed by atoms with Crippen LogP contribution in [0.4, 0.5) is 0 Å². The van der Waals surface area contributed by atoms with Crippen LogP contribution in [0.15, 0.2) is 42.5 Å². The number of carbonyl (C=O) groups is 1. The average Bonchev–Trinajstić information content (AvgIpc) is 3.01. The molecule has 0 fully saturated rings. The Morgan fingerprint density at radius 3 is 2.78 bits per heavy atom. The highest BCUT2D eigenvalue weighted by Gasteiger charge is 2.14. The van der Waals surface area contributed by atoms with Gasteiger partial charge in [-0.25, -0.2) is 4.79 Å². The molecular formula is C17H14O6. The second-order valence-corrected chi connectivity index (χ2v) is 4.70. The number of benzene rings is 2. The second kappa shape index (κ2) is 6.31. The molecule has 6 nitrogen and oxygen atoms in total. The summed E-state index contributed by atoms with van der Waals surface area (Å²) in [6.45, 7) is 0.160. The predicted molar refractivity (Wildman–Crippen MR) is 81.9 cm³/mol. The molecule has 0 spiro atoms. The number of phenols is 1. The van der Waals surface area contributed by atoms with Gasteiger partial charge in [0.25, 0.3) is 0 Å². The normalized spacial score (nSPS) is 12.4. The maximum absolute atomic E-state index is 11.8. The molecule has 0 saturated carbocycles. The van der Waals surface area contributed by atoms with Crippen LogP contribution in [0.2, 0.25) is 0 Å². The fourth-order valence-electron chi connectivity index (χ4n) is 2.07. The highest BCUT2D eigenvalue weighted by Crippen LogP contribution is 2.35. The fourth-order valence-corrected chi connectivity index (χ4v) is 2.07. The largest absolute Gasteiger partial charge is 0.504 e. The van der Waals surface area contributed by atoms with Crippen LogP contribution in [0, 0.1) is 0 Å². The first-order chi connectivity index (χ1) is 11.2. The summed E-state index contributed by atoms with van der Waals surface area (Å²) in [5, 5.41) is 9.68. The Morgan fingerprint density at radius 1 is 1.17 bits per heavy atom. The van der Waals surface area contributed by atoms with Gasteiger partial charge in [0.1, 0.15) is 5.75 Å². The summed E-state index contributed by atoms with van der Waals surface area (Å²) in [6, 6.07) is 9.70. The van der Waals surface area contributed by atoms with E-state index in [1.807, 2.05) is 0 Å². The number of methoxy groups -OCH3 is 1. The molecule has 0 saturated heterocycles. The Kier molecular flexibility index (Phi) is 4.05. The number of ether oxygens (including phenoxy) is 4. The molecule has 1 heterocycles. The smallest absolute Gasteiger partial charge is 0.336 e. The van der Waals surface area contributed by atoms with Gasteiger partial charge in [0.15, 0.2) is 23.0 Å². The maximum Gasteiger partial charge on any atom is 0.336 e. The first-order valence-electron chi connectivity index (χ1n) is 6.82. The minimum Gasteiger partial charge on any atom is -0.504 e. The van der Waals surface area contributed by atoms with Crippen LogP contribution in [-0.4, -0.2) is 25.0 Å². The monoisotopic (exact) mass is 314 g/mol. The van der Waals surface area contributed by atoms with E-state index in [-0.39, 0.29) is 12.5 Å². The van der Waals surface area contributed by atoms with Crippen molar-refractivity contribution in [3.63, 3.8) is 0 Å². The van der Waals surface area contributed by atoms with Crippen molar-refractivity contribution in [1.82, 2.24) is 0 Å². The summed E-state index contributed by atoms with van der Waals surface area (Å²) in [5.41, 5.74) is 0.644. The number of carbonyl (C=O) groups excluding carboxylic acids is 1. The van der Waals surface area contributed by atoms with Crippen molar-refractivity contribution in [3.8, 4) is 28.7 Å². The molecule has 0 bridgehead atoms. The van der Waals surface area contributed by atoms with E-state index in [4.69, 9.17) is 18.9 Å². The van der Waals surface area contributed by atoms with E-state index in [2.05, 4.69) is 0 Å². The quantitative estimate of drug-likeness (QED) is 0.531. The van der Waals surface area contributed by atoms with Crippen LogP contribution in [0.25, 0.3) is 6.08 Å². The highest BCUT2D eigenvalue weighted by atomic mass is 16.7. The van der Waals surface area contributed by atoms with Crippen LogP contribution in [0.3, 0.4) is 0 Å². The zero-order valence-corrected chi connectivity index (χ0v) is 12.3. The lowest BCUT2D eigenvalue weighted by atomic mass is 10.2. The fraction of sp³-hybridized carbons (Fsp3) is 0.118. The Hall–Kier alpha value is -3.15. The lowest BCUT2D eigenvalue weighted by molar-refractivity contribution is -0.128. The number of hydrogen-bond acceptors (Lipinski definition) is 6. The van der Waals surface area contributed by atoms with Gasteiger partial charge < -0.3 is 24.1 Å². The molecule has 0 unspecified atom stereocenters. The summed E-state index contributed by atoms with van der Waals surface area (Å²) >= 11 is 0. The van der Waals surface area contributed by atoms with E-state index >= 15 is 0 Å². The van der Waals surface area contributed by atoms with E-state index in [1.165, 1.54) is 25.3 Å². The van der Waals surface area contributed by atoms with E-state index in [9.17, 15) is 9.90 Å². The van der Waals surface area contributed by atoms with Gasteiger partial charge in [0.05, 0.1) is 7.11 Å². The van der Waals surface area contributed by atoms with E-state index in [0.717, 1.165) is 0 Å². The van der Waals surface area contributed by atoms with Crippen molar-refractivity contribution in [1.29, 1.82) is 0 Å². The van der Waals surface area contributed by atoms with Gasteiger partial charge in [0, 0.05) is 12.1 Å². The Balaban J connectivity index is 1.66. The third-order valence-electron chi connectivity index (χ3n) is 3.18. The lowest BCUT2D eigenvalue weighted by Gasteiger charge is -2.04. The van der Waals surface area contributed by atoms with Gasteiger partial charge in [-0.15, -0.1) is 0 Å². The first kappa shape index (κ1) is 14.8. The van der Waals surface area contributed by atoms with E-state index < -0.39 is 5.97 Å². The van der Waals surface area contributed by atoms with Crippen molar-refractivity contribution in [3.05, 3.63) is 48.0 Å². The molecular weight excluding hydrogens is 300 g/mol. The number of hydrogen-bond donors (Lipinski definition) is 1. The Labute approximate surface area is 132 Å². The van der Waals surface area contributed by atoms with Gasteiger partial charge in [-0.2, -0.15) is 0 Å². The summed E-state index contributed by atoms with van der Waals surface area (Å²) in [4.78, 5) is 11.8. The highest BCUT2D eigenvalue weighted by molar-refractivity contribution is 5.88. The zero-order chi connectivity index (χ0) is 16.2. The molecule has 2 aromatic carbocycles. The van der Waals surface area contributed by atoms with Crippen LogP contribution in [-0.2, 0) is 4.79 Å². The molecule has 1 N–H and O–H groups in total. The second-order valence-electron chi connectivity index (χ2n) is 4.70. The Bertz CT molecular complexity index is 766. The maximum atomic E-state index is 11.8. The van der Waals surface area contributed by atoms with Crippen molar-refractivity contribution in [2.75, 3.05) is 13.9 Å². The third-order valence-corrected chi connectivity index (χ3v) is 3.18. The van der Waals surface area contributed by atoms with Gasteiger partial charge >= 0.3 is 5.97 Å². The molecule has 0 aliphatic carbocycles. The number of aromatic hydroxyl groups is 1. The van der Waals surface area contributed by atoms with Crippen LogP contribution in [0.5, 0.6) is 28.7 Å². The molecule has 118 valence electrons. The zero-order valence-electron chi connectivity index (χ0n) is 12.3. The molecule has 0 amide bonds. The summed E-state index contributed by atoms with van der Waals surface area (Å²) in [5.74, 6) is 1.35. The SMILES string of the molecule is COc1ccc(C=CC(=O)Oc2ccc3c(c2)OCO3)cc1O. The number of phenolic OH excluding ortho intramolecular Hbond substituents is 1. The number of fused-ring (bicyclic) bond motifs is 1. The minimum atomic E-state index is -0.542. The van der Waals surface area contributed by atoms with Gasteiger partial charge in [-0.3, -0.25) is 0 Å². The molecule has 1 aliphatic heterocycles. The molecule has 2 aromatic rings. The number of esters is 1. The van der Waals surface area contributed by atoms with Crippen LogP contribution >= 0.6 is 0 Å². The standard InChI is InChI=1S/C17H14O6/c1-20-14-5-2-11(8-13(14)18)3-7-17(19)23-12-4-6-15-16(9-12)22-10-21-15/h2-9,18H,10H2,1H3. The molecule has 6 heteroatoms. The third kappa shape index (κ3) is 3.37. The van der Waals surface area contributed by atoms with Crippen molar-refractivity contribution < 1.29 is 28.8 Å². The molecule has 23 heavy (non-hydrogen) atoms. The number of rotatable bonds is 4. The summed E-state index contributed by atoms with van der Waals surface area (Å²) in [6.07, 6.45) is 2.81. The van der Waals surface area contributed by atoms with E-state index in [0.29, 0.717) is 28.6 Å². The topological polar surface area (TPSA) is 74.2 Å². The summed E-state index contributed by atoms with van der Waals surface area (Å²) < 4.78 is 20.5. The Morgan fingerprint density at radius 2 is 2.00 bits per heavy atom. The van der Waals surface area contributed by atoms with E-state index in [1.54, 1.807) is 30.3 Å². The van der Waals surface area contributed by atoms with Crippen molar-refractivity contribution >= 4 is 12.0 Å². The first-order valence-corrected chi connectivity index (χ1v) is 6.82. The predicted octanol–water partition coefficient (Wildman–Crippen LogP) is 2.75. The molecule has 0 radical (unpaired) electrons. The van der Waals surface area contributed by atoms with Gasteiger partial charge in [-0.1, -0.05) is 6.07 Å². The average molecular weight is 314 g/mol. The minimum absolute atomic E-state index is 0.00112. The molecule has 0 aromatic heterocycles. The van der Waals surface area contributed by atoms with Gasteiger partial charge in [-0.05, 0) is 35.9 Å². The lowest BCUT2D eigenvalue weighted by Crippen LogP contribution is -2.03. The molecule has 3 rings (SSSR count). The van der Waals surface area contributed by atoms with Gasteiger partial charge in [0.2, 0.25) is 6.79 Å². The van der Waals surface area contributed by atoms with Crippen molar-refractivity contribution in [2.24, 2.45) is 0 Å². The molecule has 0 atom stereocenters. The molecule has 1 aliphatic rings. The van der Waals surface area contributed by atoms with Crippen LogP contribution in [0.1, 0.15) is 5.56 Å². The van der Waals surface area contributed by atoms with Crippen LogP contribution < -0.4 is 18.9 Å². The van der Waals surface area contributed by atoms with Crippen molar-refractivity contribution in [2.45, 2.75) is 0 Å².